The van der Waals surface area contributed by atoms with Gasteiger partial charge in [0.25, 0.3) is 0 Å². The summed E-state index contributed by atoms with van der Waals surface area (Å²) in [6.07, 6.45) is 3.69. The molecule has 3 nitrogen and oxygen atoms in total. The Morgan fingerprint density at radius 2 is 2.22 bits per heavy atom. The fraction of sp³-hybridized carbons (Fsp3) is 0.308. The predicted octanol–water partition coefficient (Wildman–Crippen LogP) is 4.20. The van der Waals surface area contributed by atoms with Gasteiger partial charge >= 0.3 is 0 Å². The van der Waals surface area contributed by atoms with Crippen LogP contribution in [-0.2, 0) is 0 Å². The zero-order valence-corrected chi connectivity index (χ0v) is 13.2. The summed E-state index contributed by atoms with van der Waals surface area (Å²) < 4.78 is 3.10. The molecule has 0 atom stereocenters. The summed E-state index contributed by atoms with van der Waals surface area (Å²) in [5, 5.41) is 4.05. The smallest absolute Gasteiger partial charge is 0.207 e. The standard InChI is InChI=1S/C13H15ClIN3/c1-9(2)8-17-13-16-5-6-18(13)12-4-3-10(15)7-11(12)14/h3-7,9H,8H2,1-2H3,(H,16,17). The number of imidazole rings is 1. The van der Waals surface area contributed by atoms with Crippen LogP contribution in [0.25, 0.3) is 5.69 Å². The van der Waals surface area contributed by atoms with Crippen LogP contribution in [0.5, 0.6) is 0 Å². The number of anilines is 1. The Kier molecular flexibility index (Phi) is 4.50. The number of aromatic nitrogens is 2. The monoisotopic (exact) mass is 375 g/mol. The molecule has 0 spiro atoms. The summed E-state index contributed by atoms with van der Waals surface area (Å²) in [4.78, 5) is 4.32. The third-order valence-corrected chi connectivity index (χ3v) is 3.45. The van der Waals surface area contributed by atoms with Crippen molar-refractivity contribution >= 4 is 40.1 Å². The Morgan fingerprint density at radius 3 is 2.89 bits per heavy atom. The molecule has 2 rings (SSSR count). The van der Waals surface area contributed by atoms with Crippen molar-refractivity contribution in [2.75, 3.05) is 11.9 Å². The quantitative estimate of drug-likeness (QED) is 0.812. The van der Waals surface area contributed by atoms with Crippen molar-refractivity contribution in [1.29, 1.82) is 0 Å². The number of hydrogen-bond donors (Lipinski definition) is 1. The average Bonchev–Trinajstić information content (AvgIpc) is 2.74. The molecule has 18 heavy (non-hydrogen) atoms. The molecule has 1 N–H and O–H groups in total. The number of nitrogens with one attached hydrogen (secondary N) is 1. The molecular weight excluding hydrogens is 361 g/mol. The molecule has 1 heterocycles. The first-order chi connectivity index (χ1) is 8.58. The van der Waals surface area contributed by atoms with Gasteiger partial charge in [0, 0.05) is 22.5 Å². The molecule has 0 radical (unpaired) electrons. The number of rotatable bonds is 4. The normalized spacial score (nSPS) is 10.9. The molecule has 0 aliphatic carbocycles. The van der Waals surface area contributed by atoms with Crippen molar-refractivity contribution in [3.8, 4) is 5.69 Å². The lowest BCUT2D eigenvalue weighted by molar-refractivity contribution is 0.683. The predicted molar refractivity (Wildman–Crippen MR) is 84.6 cm³/mol. The van der Waals surface area contributed by atoms with Crippen molar-refractivity contribution < 1.29 is 0 Å². The maximum absolute atomic E-state index is 6.27. The molecular formula is C13H15ClIN3. The first-order valence-corrected chi connectivity index (χ1v) is 7.26. The summed E-state index contributed by atoms with van der Waals surface area (Å²) in [6.45, 7) is 5.22. The molecule has 0 amide bonds. The first-order valence-electron chi connectivity index (χ1n) is 5.80. The van der Waals surface area contributed by atoms with Crippen LogP contribution < -0.4 is 5.32 Å². The van der Waals surface area contributed by atoms with Crippen LogP contribution in [0.2, 0.25) is 5.02 Å². The summed E-state index contributed by atoms with van der Waals surface area (Å²) >= 11 is 8.52. The second kappa shape index (κ2) is 5.93. The van der Waals surface area contributed by atoms with Gasteiger partial charge < -0.3 is 5.32 Å². The van der Waals surface area contributed by atoms with Gasteiger partial charge in [0.1, 0.15) is 0 Å². The Balaban J connectivity index is 2.30. The van der Waals surface area contributed by atoms with Crippen molar-refractivity contribution in [2.24, 2.45) is 5.92 Å². The van der Waals surface area contributed by atoms with Crippen LogP contribution >= 0.6 is 34.2 Å². The number of nitrogens with zero attached hydrogens (tertiary/aromatic N) is 2. The summed E-state index contributed by atoms with van der Waals surface area (Å²) in [5.41, 5.74) is 0.945. The molecule has 0 saturated heterocycles. The Bertz CT molecular complexity index is 537. The fourth-order valence-corrected chi connectivity index (χ4v) is 2.55. The molecule has 0 bridgehead atoms. The zero-order valence-electron chi connectivity index (χ0n) is 10.3. The fourth-order valence-electron chi connectivity index (χ4n) is 1.60. The second-order valence-corrected chi connectivity index (χ2v) is 6.14. The molecule has 5 heteroatoms. The van der Waals surface area contributed by atoms with E-state index in [0.717, 1.165) is 26.8 Å². The Morgan fingerprint density at radius 1 is 1.44 bits per heavy atom. The van der Waals surface area contributed by atoms with E-state index in [9.17, 15) is 0 Å². The highest BCUT2D eigenvalue weighted by atomic mass is 127. The highest BCUT2D eigenvalue weighted by Crippen LogP contribution is 2.25. The van der Waals surface area contributed by atoms with Gasteiger partial charge in [0.15, 0.2) is 0 Å². The van der Waals surface area contributed by atoms with Crippen molar-refractivity contribution in [3.63, 3.8) is 0 Å². The van der Waals surface area contributed by atoms with Gasteiger partial charge in [-0.3, -0.25) is 4.57 Å². The third-order valence-electron chi connectivity index (χ3n) is 2.48. The average molecular weight is 376 g/mol. The van der Waals surface area contributed by atoms with Crippen molar-refractivity contribution in [1.82, 2.24) is 9.55 Å². The molecule has 2 aromatic rings. The lowest BCUT2D eigenvalue weighted by Crippen LogP contribution is -2.12. The molecule has 1 aromatic heterocycles. The van der Waals surface area contributed by atoms with Gasteiger partial charge in [-0.2, -0.15) is 0 Å². The third kappa shape index (κ3) is 3.17. The van der Waals surface area contributed by atoms with Gasteiger partial charge in [-0.25, -0.2) is 4.98 Å². The first kappa shape index (κ1) is 13.7. The maximum Gasteiger partial charge on any atom is 0.207 e. The minimum atomic E-state index is 0.572. The van der Waals surface area contributed by atoms with E-state index < -0.39 is 0 Å². The number of halogens is 2. The molecule has 1 aromatic carbocycles. The molecule has 96 valence electrons. The highest BCUT2D eigenvalue weighted by molar-refractivity contribution is 14.1. The number of benzene rings is 1. The molecule has 0 aliphatic rings. The van der Waals surface area contributed by atoms with Gasteiger partial charge in [-0.05, 0) is 46.7 Å². The lowest BCUT2D eigenvalue weighted by Gasteiger charge is -2.12. The van der Waals surface area contributed by atoms with Crippen LogP contribution in [-0.4, -0.2) is 16.1 Å². The van der Waals surface area contributed by atoms with Crippen molar-refractivity contribution in [3.05, 3.63) is 39.2 Å². The largest absolute Gasteiger partial charge is 0.355 e. The topological polar surface area (TPSA) is 29.9 Å². The van der Waals surface area contributed by atoms with E-state index in [0.29, 0.717) is 5.92 Å². The number of hydrogen-bond acceptors (Lipinski definition) is 2. The molecule has 0 fully saturated rings. The van der Waals surface area contributed by atoms with E-state index in [2.05, 4.69) is 46.7 Å². The van der Waals surface area contributed by atoms with Gasteiger partial charge in [-0.1, -0.05) is 25.4 Å². The Labute approximate surface area is 126 Å². The van der Waals surface area contributed by atoms with Gasteiger partial charge in [0.2, 0.25) is 5.95 Å². The van der Waals surface area contributed by atoms with E-state index in [1.54, 1.807) is 6.20 Å². The van der Waals surface area contributed by atoms with E-state index in [1.165, 1.54) is 0 Å². The van der Waals surface area contributed by atoms with Crippen LogP contribution in [0.3, 0.4) is 0 Å². The minimum Gasteiger partial charge on any atom is -0.355 e. The summed E-state index contributed by atoms with van der Waals surface area (Å²) in [5.74, 6) is 1.40. The second-order valence-electron chi connectivity index (χ2n) is 4.49. The minimum absolute atomic E-state index is 0.572. The van der Waals surface area contributed by atoms with E-state index in [-0.39, 0.29) is 0 Å². The SMILES string of the molecule is CC(C)CNc1nccn1-c1ccc(I)cc1Cl. The van der Waals surface area contributed by atoms with Crippen LogP contribution in [0.4, 0.5) is 5.95 Å². The maximum atomic E-state index is 6.27. The van der Waals surface area contributed by atoms with E-state index in [1.807, 2.05) is 29.0 Å². The van der Waals surface area contributed by atoms with E-state index in [4.69, 9.17) is 11.6 Å². The van der Waals surface area contributed by atoms with Crippen LogP contribution in [0.15, 0.2) is 30.6 Å². The Hall–Kier alpha value is -0.750. The highest BCUT2D eigenvalue weighted by Gasteiger charge is 2.08. The zero-order chi connectivity index (χ0) is 13.1. The van der Waals surface area contributed by atoms with Crippen molar-refractivity contribution in [2.45, 2.75) is 13.8 Å². The summed E-state index contributed by atoms with van der Waals surface area (Å²) in [6, 6.07) is 5.99. The van der Waals surface area contributed by atoms with Crippen LogP contribution in [0.1, 0.15) is 13.8 Å². The van der Waals surface area contributed by atoms with Crippen LogP contribution in [0, 0.1) is 9.49 Å². The lowest BCUT2D eigenvalue weighted by atomic mass is 10.2. The molecule has 0 saturated carbocycles. The summed E-state index contributed by atoms with van der Waals surface area (Å²) in [7, 11) is 0. The van der Waals surface area contributed by atoms with Gasteiger partial charge in [0.05, 0.1) is 10.7 Å². The molecule has 0 unspecified atom stereocenters. The van der Waals surface area contributed by atoms with Gasteiger partial charge in [-0.15, -0.1) is 0 Å². The van der Waals surface area contributed by atoms with E-state index >= 15 is 0 Å². The molecule has 0 aliphatic heterocycles.